The van der Waals surface area contributed by atoms with Gasteiger partial charge in [0.1, 0.15) is 0 Å². The van der Waals surface area contributed by atoms with Crippen LogP contribution >= 0.6 is 0 Å². The number of rotatable bonds is 19. The molecule has 0 spiro atoms. The highest BCUT2D eigenvalue weighted by Crippen LogP contribution is 2.23. The van der Waals surface area contributed by atoms with Crippen LogP contribution in [0.2, 0.25) is 0 Å². The van der Waals surface area contributed by atoms with E-state index in [0.717, 1.165) is 57.8 Å². The lowest BCUT2D eigenvalue weighted by Crippen LogP contribution is -2.15. The van der Waals surface area contributed by atoms with Crippen molar-refractivity contribution in [2.45, 2.75) is 91.9 Å². The molecule has 0 aromatic carbocycles. The van der Waals surface area contributed by atoms with Crippen LogP contribution in [0.3, 0.4) is 0 Å². The molecule has 0 heterocycles. The molecule has 30 heavy (non-hydrogen) atoms. The average Bonchev–Trinajstić information content (AvgIpc) is 2.57. The van der Waals surface area contributed by atoms with Gasteiger partial charge < -0.3 is 0 Å². The summed E-state index contributed by atoms with van der Waals surface area (Å²) in [5.41, 5.74) is 0. The lowest BCUT2D eigenvalue weighted by molar-refractivity contribution is 0.201. The SMILES string of the molecule is CC(C)CCC[C@H](CCC[C@H](C)CCC[C@H](C)CCOS(=O)(=O)O)COS(=O)(=O)O. The number of hydrogen-bond acceptors (Lipinski definition) is 6. The summed E-state index contributed by atoms with van der Waals surface area (Å²) in [6.07, 6.45) is 9.58. The van der Waals surface area contributed by atoms with Crippen molar-refractivity contribution in [1.82, 2.24) is 0 Å². The van der Waals surface area contributed by atoms with Crippen LogP contribution in [-0.4, -0.2) is 39.2 Å². The Morgan fingerprint density at radius 1 is 0.633 bits per heavy atom. The summed E-state index contributed by atoms with van der Waals surface area (Å²) in [6, 6.07) is 0. The smallest absolute Gasteiger partial charge is 0.264 e. The van der Waals surface area contributed by atoms with E-state index < -0.39 is 20.8 Å². The van der Waals surface area contributed by atoms with E-state index in [1.54, 1.807) is 0 Å². The molecule has 0 radical (unpaired) electrons. The van der Waals surface area contributed by atoms with Crippen molar-refractivity contribution >= 4 is 20.8 Å². The van der Waals surface area contributed by atoms with Gasteiger partial charge in [0, 0.05) is 0 Å². The highest BCUT2D eigenvalue weighted by molar-refractivity contribution is 7.81. The van der Waals surface area contributed by atoms with Crippen LogP contribution in [0.1, 0.15) is 91.9 Å². The fourth-order valence-electron chi connectivity index (χ4n) is 3.52. The number of hydrogen-bond donors (Lipinski definition) is 2. The van der Waals surface area contributed by atoms with Crippen molar-refractivity contribution in [2.75, 3.05) is 13.2 Å². The molecule has 0 amide bonds. The van der Waals surface area contributed by atoms with Gasteiger partial charge in [-0.15, -0.1) is 0 Å². The predicted octanol–water partition coefficient (Wildman–Crippen LogP) is 5.07. The van der Waals surface area contributed by atoms with Gasteiger partial charge in [-0.05, 0) is 42.9 Å². The van der Waals surface area contributed by atoms with Gasteiger partial charge in [0.25, 0.3) is 0 Å². The van der Waals surface area contributed by atoms with Gasteiger partial charge in [-0.25, -0.2) is 8.37 Å². The van der Waals surface area contributed by atoms with E-state index in [-0.39, 0.29) is 19.1 Å². The summed E-state index contributed by atoms with van der Waals surface area (Å²) < 4.78 is 69.1. The third-order valence-electron chi connectivity index (χ3n) is 5.39. The van der Waals surface area contributed by atoms with Crippen LogP contribution in [0.4, 0.5) is 0 Å². The van der Waals surface area contributed by atoms with E-state index in [2.05, 4.69) is 29.1 Å². The van der Waals surface area contributed by atoms with Crippen LogP contribution < -0.4 is 0 Å². The van der Waals surface area contributed by atoms with Crippen molar-refractivity contribution in [3.8, 4) is 0 Å². The minimum atomic E-state index is -4.39. The van der Waals surface area contributed by atoms with Crippen molar-refractivity contribution in [3.63, 3.8) is 0 Å². The van der Waals surface area contributed by atoms with Crippen molar-refractivity contribution < 1.29 is 34.3 Å². The molecule has 0 unspecified atom stereocenters. The second-order valence-electron chi connectivity index (χ2n) is 9.01. The zero-order valence-electron chi connectivity index (χ0n) is 19.0. The second-order valence-corrected chi connectivity index (χ2v) is 11.2. The van der Waals surface area contributed by atoms with Gasteiger partial charge >= 0.3 is 20.8 Å². The van der Waals surface area contributed by atoms with E-state index in [0.29, 0.717) is 24.2 Å². The van der Waals surface area contributed by atoms with Gasteiger partial charge in [-0.3, -0.25) is 9.11 Å². The average molecular weight is 475 g/mol. The summed E-state index contributed by atoms with van der Waals surface area (Å²) in [7, 11) is -8.74. The first-order valence-corrected chi connectivity index (χ1v) is 13.7. The third kappa shape index (κ3) is 21.0. The Labute approximate surface area is 184 Å². The Bertz CT molecular complexity index is 631. The third-order valence-corrected chi connectivity index (χ3v) is 6.29. The minimum absolute atomic E-state index is 0.000613. The molecule has 2 N–H and O–H groups in total. The Morgan fingerprint density at radius 3 is 1.53 bits per heavy atom. The molecule has 0 fully saturated rings. The highest BCUT2D eigenvalue weighted by atomic mass is 32.3. The van der Waals surface area contributed by atoms with Crippen molar-refractivity contribution in [1.29, 1.82) is 0 Å². The molecule has 0 aliphatic rings. The Morgan fingerprint density at radius 2 is 1.07 bits per heavy atom. The monoisotopic (exact) mass is 474 g/mol. The molecule has 182 valence electrons. The molecule has 0 aromatic rings. The van der Waals surface area contributed by atoms with Crippen LogP contribution in [0.25, 0.3) is 0 Å². The topological polar surface area (TPSA) is 127 Å². The largest absolute Gasteiger partial charge is 0.397 e. The van der Waals surface area contributed by atoms with Crippen molar-refractivity contribution in [2.24, 2.45) is 23.7 Å². The van der Waals surface area contributed by atoms with Crippen molar-refractivity contribution in [3.05, 3.63) is 0 Å². The molecule has 0 aromatic heterocycles. The van der Waals surface area contributed by atoms with Crippen LogP contribution in [0, 0.1) is 23.7 Å². The molecule has 0 saturated heterocycles. The molecule has 0 aliphatic carbocycles. The lowest BCUT2D eigenvalue weighted by atomic mass is 9.90. The van der Waals surface area contributed by atoms with Crippen LogP contribution in [-0.2, 0) is 29.2 Å². The molecular weight excluding hydrogens is 432 g/mol. The fraction of sp³-hybridized carbons (Fsp3) is 1.00. The predicted molar refractivity (Wildman–Crippen MR) is 118 cm³/mol. The second kappa shape index (κ2) is 15.5. The maximum absolute atomic E-state index is 10.9. The van der Waals surface area contributed by atoms with E-state index in [1.165, 1.54) is 0 Å². The Balaban J connectivity index is 4.08. The molecule has 0 saturated carbocycles. The van der Waals surface area contributed by atoms with Gasteiger partial charge in [0.2, 0.25) is 0 Å². The maximum atomic E-state index is 10.9. The zero-order chi connectivity index (χ0) is 23.2. The first kappa shape index (κ1) is 29.7. The molecular formula is C20H42O8S2. The molecule has 0 aliphatic heterocycles. The van der Waals surface area contributed by atoms with E-state index in [1.807, 2.05) is 6.92 Å². The summed E-state index contributed by atoms with van der Waals surface area (Å²) in [5, 5.41) is 0. The van der Waals surface area contributed by atoms with E-state index >= 15 is 0 Å². The van der Waals surface area contributed by atoms with Crippen LogP contribution in [0.5, 0.6) is 0 Å². The normalized spacial score (nSPS) is 16.0. The first-order chi connectivity index (χ1) is 13.8. The van der Waals surface area contributed by atoms with E-state index in [4.69, 9.17) is 9.11 Å². The standard InChI is InChI=1S/C20H42O8S2/c1-17(2)8-5-12-20(16-28-30(24,25)26)13-7-11-18(3)9-6-10-19(4)14-15-27-29(21,22)23/h17-20H,5-16H2,1-4H3,(H,21,22,23)(H,24,25,26)/t18-,19+,20-/m1/s1. The molecule has 3 atom stereocenters. The minimum Gasteiger partial charge on any atom is -0.264 e. The lowest BCUT2D eigenvalue weighted by Gasteiger charge is -2.18. The van der Waals surface area contributed by atoms with Gasteiger partial charge in [0.05, 0.1) is 13.2 Å². The summed E-state index contributed by atoms with van der Waals surface area (Å²) in [5.74, 6) is 1.60. The summed E-state index contributed by atoms with van der Waals surface area (Å²) in [4.78, 5) is 0. The van der Waals surface area contributed by atoms with Crippen LogP contribution in [0.15, 0.2) is 0 Å². The quantitative estimate of drug-likeness (QED) is 0.248. The zero-order valence-corrected chi connectivity index (χ0v) is 20.6. The van der Waals surface area contributed by atoms with E-state index in [9.17, 15) is 16.8 Å². The van der Waals surface area contributed by atoms with Gasteiger partial charge in [0.15, 0.2) is 0 Å². The van der Waals surface area contributed by atoms with Gasteiger partial charge in [-0.2, -0.15) is 16.8 Å². The Kier molecular flexibility index (Phi) is 15.4. The summed E-state index contributed by atoms with van der Waals surface area (Å²) >= 11 is 0. The maximum Gasteiger partial charge on any atom is 0.397 e. The molecule has 8 nitrogen and oxygen atoms in total. The fourth-order valence-corrected chi connectivity index (χ4v) is 4.19. The van der Waals surface area contributed by atoms with Gasteiger partial charge in [-0.1, -0.05) is 72.6 Å². The molecule has 0 rings (SSSR count). The molecule has 0 bridgehead atoms. The first-order valence-electron chi connectivity index (χ1n) is 11.0. The Hall–Kier alpha value is -0.260. The molecule has 10 heteroatoms. The highest BCUT2D eigenvalue weighted by Gasteiger charge is 2.15. The summed E-state index contributed by atoms with van der Waals surface area (Å²) in [6.45, 7) is 8.60.